The predicted octanol–water partition coefficient (Wildman–Crippen LogP) is 4.23. The molecule has 132 valence electrons. The summed E-state index contributed by atoms with van der Waals surface area (Å²) in [6.07, 6.45) is 8.68. The van der Waals surface area contributed by atoms with Gasteiger partial charge in [0.15, 0.2) is 14.9 Å². The lowest BCUT2D eigenvalue weighted by atomic mass is 9.66. The second-order valence-electron chi connectivity index (χ2n) is 7.51. The maximum atomic E-state index is 11.7. The molecule has 0 atom stereocenters. The molecule has 1 aromatic carbocycles. The number of pyridine rings is 1. The Kier molecular flexibility index (Phi) is 3.96. The Balaban J connectivity index is 1.77. The Bertz CT molecular complexity index is 1020. The largest absolute Gasteiger partial charge is 0.244 e. The molecule has 0 unspecified atom stereocenters. The summed E-state index contributed by atoms with van der Waals surface area (Å²) in [5, 5.41) is 9.14. The normalized spacial score (nSPS) is 18.6. The first-order chi connectivity index (χ1) is 12.4. The predicted molar refractivity (Wildman–Crippen MR) is 101 cm³/mol. The number of hydrogen-bond acceptors (Lipinski definition) is 4. The van der Waals surface area contributed by atoms with Crippen molar-refractivity contribution in [2.24, 2.45) is 5.41 Å². The maximum absolute atomic E-state index is 11.7. The summed E-state index contributed by atoms with van der Waals surface area (Å²) in [5.74, 6) is 0. The van der Waals surface area contributed by atoms with E-state index in [1.165, 1.54) is 36.7 Å². The molecule has 2 aliphatic rings. The second-order valence-corrected chi connectivity index (χ2v) is 9.47. The number of hydrogen-bond donors (Lipinski definition) is 0. The van der Waals surface area contributed by atoms with Gasteiger partial charge in [0.2, 0.25) is 0 Å². The van der Waals surface area contributed by atoms with Gasteiger partial charge in [-0.25, -0.2) is 13.4 Å². The average molecular weight is 364 g/mol. The van der Waals surface area contributed by atoms with Crippen LogP contribution >= 0.6 is 0 Å². The van der Waals surface area contributed by atoms with E-state index < -0.39 is 9.84 Å². The number of rotatable bonds is 3. The number of aromatic nitrogens is 1. The van der Waals surface area contributed by atoms with Gasteiger partial charge in [0.25, 0.3) is 0 Å². The van der Waals surface area contributed by atoms with Crippen LogP contribution in [0.1, 0.15) is 48.8 Å². The van der Waals surface area contributed by atoms with E-state index in [1.807, 2.05) is 30.3 Å². The van der Waals surface area contributed by atoms with Crippen LogP contribution in [0.3, 0.4) is 0 Å². The minimum atomic E-state index is -3.29. The summed E-state index contributed by atoms with van der Waals surface area (Å²) < 4.78 is 23.3. The van der Waals surface area contributed by atoms with E-state index in [0.717, 1.165) is 24.0 Å². The highest BCUT2D eigenvalue weighted by Gasteiger charge is 2.43. The minimum Gasteiger partial charge on any atom is -0.244 e. The summed E-state index contributed by atoms with van der Waals surface area (Å²) in [6, 6.07) is 13.4. The van der Waals surface area contributed by atoms with Crippen molar-refractivity contribution in [3.05, 3.63) is 59.3 Å². The monoisotopic (exact) mass is 364 g/mol. The molecular formula is C21H20N2O2S. The van der Waals surface area contributed by atoms with Gasteiger partial charge >= 0.3 is 0 Å². The third kappa shape index (κ3) is 2.95. The first kappa shape index (κ1) is 17.0. The van der Waals surface area contributed by atoms with Crippen molar-refractivity contribution in [1.29, 1.82) is 5.26 Å². The van der Waals surface area contributed by atoms with E-state index in [9.17, 15) is 8.42 Å². The zero-order valence-electron chi connectivity index (χ0n) is 14.7. The van der Waals surface area contributed by atoms with Crippen LogP contribution in [0.2, 0.25) is 0 Å². The van der Waals surface area contributed by atoms with Crippen LogP contribution in [-0.4, -0.2) is 19.7 Å². The lowest BCUT2D eigenvalue weighted by Gasteiger charge is -2.39. The smallest absolute Gasteiger partial charge is 0.192 e. The van der Waals surface area contributed by atoms with E-state index in [4.69, 9.17) is 5.26 Å². The molecule has 0 N–H and O–H groups in total. The molecular weight excluding hydrogens is 344 g/mol. The van der Waals surface area contributed by atoms with Crippen molar-refractivity contribution >= 4 is 21.0 Å². The summed E-state index contributed by atoms with van der Waals surface area (Å²) in [4.78, 5) is 4.18. The third-order valence-corrected chi connectivity index (χ3v) is 6.71. The lowest BCUT2D eigenvalue weighted by molar-refractivity contribution is 0.157. The van der Waals surface area contributed by atoms with E-state index in [0.29, 0.717) is 11.0 Å². The lowest BCUT2D eigenvalue weighted by Crippen LogP contribution is -2.26. The third-order valence-electron chi connectivity index (χ3n) is 5.71. The molecule has 4 rings (SSSR count). The summed E-state index contributed by atoms with van der Waals surface area (Å²) in [5.41, 5.74) is 5.74. The van der Waals surface area contributed by atoms with Crippen molar-refractivity contribution in [2.45, 2.75) is 37.1 Å². The Labute approximate surface area is 154 Å². The highest BCUT2D eigenvalue weighted by molar-refractivity contribution is 7.90. The molecule has 0 amide bonds. The summed E-state index contributed by atoms with van der Waals surface area (Å²) in [6.45, 7) is 0. The van der Waals surface area contributed by atoms with Gasteiger partial charge in [0.1, 0.15) is 0 Å². The number of nitrogens with zero attached hydrogens (tertiary/aromatic N) is 2. The summed E-state index contributed by atoms with van der Waals surface area (Å²) >= 11 is 0. The maximum Gasteiger partial charge on any atom is 0.192 e. The van der Waals surface area contributed by atoms with Gasteiger partial charge in [-0.2, -0.15) is 5.26 Å². The topological polar surface area (TPSA) is 70.8 Å². The Morgan fingerprint density at radius 3 is 2.08 bits per heavy atom. The second kappa shape index (κ2) is 6.07. The Hall–Kier alpha value is -2.45. The van der Waals surface area contributed by atoms with Gasteiger partial charge in [-0.1, -0.05) is 24.6 Å². The average Bonchev–Trinajstić information content (AvgIpc) is 3.03. The molecule has 0 bridgehead atoms. The molecule has 0 radical (unpaired) electrons. The van der Waals surface area contributed by atoms with Crippen molar-refractivity contribution in [2.75, 3.05) is 6.26 Å². The fraction of sp³-hybridized carbons (Fsp3) is 0.333. The van der Waals surface area contributed by atoms with Gasteiger partial charge in [0.05, 0.1) is 11.6 Å². The first-order valence-corrected chi connectivity index (χ1v) is 10.7. The highest BCUT2D eigenvalue weighted by Crippen LogP contribution is 2.59. The molecule has 2 aliphatic carbocycles. The van der Waals surface area contributed by atoms with Gasteiger partial charge in [0, 0.05) is 12.5 Å². The molecule has 4 nitrogen and oxygen atoms in total. The van der Waals surface area contributed by atoms with Crippen molar-refractivity contribution in [3.8, 4) is 6.07 Å². The Morgan fingerprint density at radius 1 is 1.00 bits per heavy atom. The fourth-order valence-electron chi connectivity index (χ4n) is 4.13. The minimum absolute atomic E-state index is 0.109. The molecule has 1 heterocycles. The van der Waals surface area contributed by atoms with Gasteiger partial charge in [-0.05, 0) is 71.6 Å². The molecule has 26 heavy (non-hydrogen) atoms. The van der Waals surface area contributed by atoms with Crippen molar-refractivity contribution < 1.29 is 8.42 Å². The highest BCUT2D eigenvalue weighted by atomic mass is 32.2. The van der Waals surface area contributed by atoms with Crippen LogP contribution in [0.15, 0.2) is 47.6 Å². The summed E-state index contributed by atoms with van der Waals surface area (Å²) in [7, 11) is -3.29. The van der Waals surface area contributed by atoms with E-state index in [2.05, 4.69) is 11.1 Å². The molecule has 1 saturated carbocycles. The number of allylic oxidation sites excluding steroid dienone is 2. The molecule has 1 fully saturated rings. The standard InChI is InChI=1S/C21H20N2O2S/c1-26(24,25)20-8-7-17(14-23-20)19-12-21(9-2-10-21)11-18(19)16-5-3-15(13-22)4-6-16/h3-8,14H,2,9-12H2,1H3. The van der Waals surface area contributed by atoms with Crippen LogP contribution in [0.25, 0.3) is 11.1 Å². The molecule has 0 saturated heterocycles. The van der Waals surface area contributed by atoms with E-state index >= 15 is 0 Å². The zero-order valence-corrected chi connectivity index (χ0v) is 15.5. The molecule has 0 aliphatic heterocycles. The number of nitriles is 1. The molecule has 1 aromatic heterocycles. The number of sulfone groups is 1. The zero-order chi connectivity index (χ0) is 18.4. The number of benzene rings is 1. The van der Waals surface area contributed by atoms with Crippen LogP contribution in [0, 0.1) is 16.7 Å². The SMILES string of the molecule is CS(=O)(=O)c1ccc(C2=C(c3ccc(C#N)cc3)CC3(CCC3)C2)cn1. The van der Waals surface area contributed by atoms with Gasteiger partial charge < -0.3 is 0 Å². The molecule has 5 heteroatoms. The van der Waals surface area contributed by atoms with E-state index in [1.54, 1.807) is 12.3 Å². The van der Waals surface area contributed by atoms with Gasteiger partial charge in [-0.15, -0.1) is 0 Å². The van der Waals surface area contributed by atoms with E-state index in [-0.39, 0.29) is 5.03 Å². The molecule has 1 spiro atoms. The van der Waals surface area contributed by atoms with Crippen molar-refractivity contribution in [1.82, 2.24) is 4.98 Å². The first-order valence-electron chi connectivity index (χ1n) is 8.79. The van der Waals surface area contributed by atoms with Gasteiger partial charge in [-0.3, -0.25) is 0 Å². The van der Waals surface area contributed by atoms with Crippen LogP contribution in [0.4, 0.5) is 0 Å². The van der Waals surface area contributed by atoms with Crippen LogP contribution in [0.5, 0.6) is 0 Å². The van der Waals surface area contributed by atoms with Crippen LogP contribution < -0.4 is 0 Å². The quantitative estimate of drug-likeness (QED) is 0.817. The Morgan fingerprint density at radius 2 is 1.62 bits per heavy atom. The molecule has 2 aromatic rings. The van der Waals surface area contributed by atoms with Crippen LogP contribution in [-0.2, 0) is 9.84 Å². The van der Waals surface area contributed by atoms with Crippen molar-refractivity contribution in [3.63, 3.8) is 0 Å². The fourth-order valence-corrected chi connectivity index (χ4v) is 4.69.